The Morgan fingerprint density at radius 3 is 2.64 bits per heavy atom. The zero-order valence-corrected chi connectivity index (χ0v) is 12.7. The van der Waals surface area contributed by atoms with Gasteiger partial charge in [-0.25, -0.2) is 0 Å². The molecule has 4 nitrogen and oxygen atoms in total. The molecule has 22 heavy (non-hydrogen) atoms. The first-order valence-corrected chi connectivity index (χ1v) is 8.36. The molecule has 0 radical (unpaired) electrons. The lowest BCUT2D eigenvalue weighted by molar-refractivity contribution is -0.127. The molecule has 4 rings (SSSR count). The van der Waals surface area contributed by atoms with Gasteiger partial charge in [-0.1, -0.05) is 24.6 Å². The molecule has 2 aliphatic carbocycles. The maximum atomic E-state index is 12.5. The van der Waals surface area contributed by atoms with Gasteiger partial charge in [-0.3, -0.25) is 9.59 Å². The highest BCUT2D eigenvalue weighted by molar-refractivity contribution is 6.00. The fourth-order valence-corrected chi connectivity index (χ4v) is 4.46. The predicted octanol–water partition coefficient (Wildman–Crippen LogP) is 2.34. The zero-order chi connectivity index (χ0) is 15.1. The molecule has 1 aromatic rings. The number of rotatable bonds is 3. The third-order valence-electron chi connectivity index (χ3n) is 5.63. The Labute approximate surface area is 130 Å². The van der Waals surface area contributed by atoms with Gasteiger partial charge >= 0.3 is 0 Å². The Balaban J connectivity index is 1.39. The van der Waals surface area contributed by atoms with E-state index in [9.17, 15) is 9.59 Å². The van der Waals surface area contributed by atoms with Crippen molar-refractivity contribution in [3.05, 3.63) is 30.3 Å². The minimum absolute atomic E-state index is 0.0549. The molecule has 4 heteroatoms. The molecule has 3 aliphatic rings. The summed E-state index contributed by atoms with van der Waals surface area (Å²) < 4.78 is 0. The van der Waals surface area contributed by atoms with Crippen molar-refractivity contribution in [1.29, 1.82) is 0 Å². The molecule has 1 aromatic carbocycles. The van der Waals surface area contributed by atoms with Crippen LogP contribution in [0.4, 0.5) is 5.69 Å². The van der Waals surface area contributed by atoms with Crippen LogP contribution in [0, 0.1) is 17.8 Å². The van der Waals surface area contributed by atoms with Crippen molar-refractivity contribution in [1.82, 2.24) is 5.32 Å². The predicted molar refractivity (Wildman–Crippen MR) is 84.3 cm³/mol. The number of carbonyl (C=O) groups excluding carboxylic acids is 2. The molecular weight excluding hydrogens is 276 g/mol. The Morgan fingerprint density at radius 1 is 1.14 bits per heavy atom. The quantitative estimate of drug-likeness (QED) is 0.931. The lowest BCUT2D eigenvalue weighted by atomic mass is 9.94. The SMILES string of the molecule is O=C(NC1CC2CCC1C2)C1CC(=O)N(c2ccccc2)C1. The summed E-state index contributed by atoms with van der Waals surface area (Å²) in [5, 5.41) is 3.23. The van der Waals surface area contributed by atoms with E-state index in [4.69, 9.17) is 0 Å². The van der Waals surface area contributed by atoms with Gasteiger partial charge in [-0.15, -0.1) is 0 Å². The van der Waals surface area contributed by atoms with Crippen molar-refractivity contribution >= 4 is 17.5 Å². The van der Waals surface area contributed by atoms with Crippen molar-refractivity contribution in [3.8, 4) is 0 Å². The van der Waals surface area contributed by atoms with Crippen molar-refractivity contribution in [2.45, 2.75) is 38.1 Å². The number of nitrogens with zero attached hydrogens (tertiary/aromatic N) is 1. The van der Waals surface area contributed by atoms with Crippen molar-refractivity contribution < 1.29 is 9.59 Å². The molecule has 4 unspecified atom stereocenters. The normalized spacial score (nSPS) is 33.5. The fourth-order valence-electron chi connectivity index (χ4n) is 4.46. The van der Waals surface area contributed by atoms with Gasteiger partial charge in [0.15, 0.2) is 0 Å². The van der Waals surface area contributed by atoms with Crippen LogP contribution in [0.15, 0.2) is 30.3 Å². The van der Waals surface area contributed by atoms with Gasteiger partial charge in [-0.2, -0.15) is 0 Å². The van der Waals surface area contributed by atoms with E-state index in [1.165, 1.54) is 19.3 Å². The lowest BCUT2D eigenvalue weighted by Gasteiger charge is -2.24. The third kappa shape index (κ3) is 2.40. The van der Waals surface area contributed by atoms with Crippen molar-refractivity contribution in [3.63, 3.8) is 0 Å². The third-order valence-corrected chi connectivity index (χ3v) is 5.63. The van der Waals surface area contributed by atoms with Gasteiger partial charge in [0.05, 0.1) is 5.92 Å². The topological polar surface area (TPSA) is 49.4 Å². The van der Waals surface area contributed by atoms with Crippen LogP contribution in [0.5, 0.6) is 0 Å². The minimum Gasteiger partial charge on any atom is -0.353 e. The monoisotopic (exact) mass is 298 g/mol. The van der Waals surface area contributed by atoms with Gasteiger partial charge in [0, 0.05) is 24.7 Å². The second kappa shape index (κ2) is 5.41. The van der Waals surface area contributed by atoms with Crippen LogP contribution in [-0.2, 0) is 9.59 Å². The molecule has 1 aliphatic heterocycles. The van der Waals surface area contributed by atoms with Crippen LogP contribution >= 0.6 is 0 Å². The molecular formula is C18H22N2O2. The number of hydrogen-bond donors (Lipinski definition) is 1. The maximum Gasteiger partial charge on any atom is 0.227 e. The summed E-state index contributed by atoms with van der Waals surface area (Å²) >= 11 is 0. The average Bonchev–Trinajstić information content (AvgIpc) is 3.23. The van der Waals surface area contributed by atoms with E-state index in [0.717, 1.165) is 18.0 Å². The number of amides is 2. The molecule has 1 N–H and O–H groups in total. The molecule has 0 spiro atoms. The largest absolute Gasteiger partial charge is 0.353 e. The van der Waals surface area contributed by atoms with E-state index < -0.39 is 0 Å². The summed E-state index contributed by atoms with van der Waals surface area (Å²) in [5.74, 6) is 1.42. The Kier molecular flexibility index (Phi) is 3.40. The molecule has 1 heterocycles. The van der Waals surface area contributed by atoms with E-state index in [0.29, 0.717) is 24.9 Å². The molecule has 2 bridgehead atoms. The highest BCUT2D eigenvalue weighted by Crippen LogP contribution is 2.44. The average molecular weight is 298 g/mol. The van der Waals surface area contributed by atoms with Crippen LogP contribution in [0.3, 0.4) is 0 Å². The first-order chi connectivity index (χ1) is 10.7. The van der Waals surface area contributed by atoms with Gasteiger partial charge in [0.2, 0.25) is 11.8 Å². The summed E-state index contributed by atoms with van der Waals surface area (Å²) in [7, 11) is 0. The number of anilines is 1. The minimum atomic E-state index is -0.202. The van der Waals surface area contributed by atoms with E-state index >= 15 is 0 Å². The van der Waals surface area contributed by atoms with Crippen LogP contribution in [-0.4, -0.2) is 24.4 Å². The second-order valence-corrected chi connectivity index (χ2v) is 7.03. The van der Waals surface area contributed by atoms with Crippen LogP contribution < -0.4 is 10.2 Å². The van der Waals surface area contributed by atoms with Crippen molar-refractivity contribution in [2.75, 3.05) is 11.4 Å². The number of carbonyl (C=O) groups is 2. The van der Waals surface area contributed by atoms with Gasteiger partial charge < -0.3 is 10.2 Å². The summed E-state index contributed by atoms with van der Waals surface area (Å²) in [4.78, 5) is 26.5. The number of nitrogens with one attached hydrogen (secondary N) is 1. The number of fused-ring (bicyclic) bond motifs is 2. The van der Waals surface area contributed by atoms with E-state index in [1.54, 1.807) is 4.90 Å². The molecule has 116 valence electrons. The van der Waals surface area contributed by atoms with E-state index in [-0.39, 0.29) is 17.7 Å². The fraction of sp³-hybridized carbons (Fsp3) is 0.556. The van der Waals surface area contributed by atoms with Gasteiger partial charge in [-0.05, 0) is 43.2 Å². The Hall–Kier alpha value is -1.84. The summed E-state index contributed by atoms with van der Waals surface area (Å²) in [5.41, 5.74) is 0.891. The van der Waals surface area contributed by atoms with Crippen LogP contribution in [0.2, 0.25) is 0 Å². The highest BCUT2D eigenvalue weighted by atomic mass is 16.2. The molecule has 0 aromatic heterocycles. The number of para-hydroxylation sites is 1. The first kappa shape index (κ1) is 13.8. The van der Waals surface area contributed by atoms with Gasteiger partial charge in [0.25, 0.3) is 0 Å². The standard InChI is InChI=1S/C18H22N2O2/c21-17-10-14(11-20(17)15-4-2-1-3-5-15)18(22)19-16-9-12-6-7-13(16)8-12/h1-5,12-14,16H,6-11H2,(H,19,22). The number of hydrogen-bond acceptors (Lipinski definition) is 2. The Morgan fingerprint density at radius 2 is 1.95 bits per heavy atom. The summed E-state index contributed by atoms with van der Waals surface area (Å²) in [6.07, 6.45) is 5.35. The second-order valence-electron chi connectivity index (χ2n) is 7.03. The molecule has 2 amide bonds. The Bertz CT molecular complexity index is 586. The molecule has 1 saturated heterocycles. The van der Waals surface area contributed by atoms with Gasteiger partial charge in [0.1, 0.15) is 0 Å². The summed E-state index contributed by atoms with van der Waals surface area (Å²) in [6, 6.07) is 9.98. The van der Waals surface area contributed by atoms with Crippen LogP contribution in [0.25, 0.3) is 0 Å². The first-order valence-electron chi connectivity index (χ1n) is 8.36. The number of benzene rings is 1. The van der Waals surface area contributed by atoms with Crippen molar-refractivity contribution in [2.24, 2.45) is 17.8 Å². The smallest absolute Gasteiger partial charge is 0.227 e. The summed E-state index contributed by atoms with van der Waals surface area (Å²) in [6.45, 7) is 0.509. The lowest BCUT2D eigenvalue weighted by Crippen LogP contribution is -2.42. The zero-order valence-electron chi connectivity index (χ0n) is 12.7. The van der Waals surface area contributed by atoms with E-state index in [2.05, 4.69) is 5.32 Å². The van der Waals surface area contributed by atoms with Crippen LogP contribution in [0.1, 0.15) is 32.1 Å². The highest BCUT2D eigenvalue weighted by Gasteiger charge is 2.42. The molecule has 4 atom stereocenters. The maximum absolute atomic E-state index is 12.5. The molecule has 2 saturated carbocycles. The molecule has 3 fully saturated rings. The van der Waals surface area contributed by atoms with E-state index in [1.807, 2.05) is 30.3 Å².